The molecule has 2 N–H and O–H groups in total. The minimum absolute atomic E-state index is 0.0923. The van der Waals surface area contributed by atoms with E-state index in [0.29, 0.717) is 42.4 Å². The number of hydrogen-bond acceptors (Lipinski definition) is 4. The van der Waals surface area contributed by atoms with Gasteiger partial charge in [-0.25, -0.2) is 5.10 Å². The van der Waals surface area contributed by atoms with Crippen molar-refractivity contribution in [2.75, 3.05) is 13.1 Å². The number of benzene rings is 1. The van der Waals surface area contributed by atoms with Crippen LogP contribution in [0.3, 0.4) is 0 Å². The van der Waals surface area contributed by atoms with Crippen molar-refractivity contribution < 1.29 is 14.7 Å². The molecule has 120 valence electrons. The second kappa shape index (κ2) is 6.20. The highest BCUT2D eigenvalue weighted by Crippen LogP contribution is 2.19. The van der Waals surface area contributed by atoms with E-state index >= 15 is 0 Å². The van der Waals surface area contributed by atoms with Gasteiger partial charge in [0.2, 0.25) is 5.91 Å². The second-order valence-electron chi connectivity index (χ2n) is 5.72. The molecule has 1 saturated heterocycles. The molecule has 7 nitrogen and oxygen atoms in total. The van der Waals surface area contributed by atoms with E-state index in [1.807, 2.05) is 0 Å². The number of hydrogen-bond donors (Lipinski definition) is 2. The summed E-state index contributed by atoms with van der Waals surface area (Å²) in [4.78, 5) is 36.8. The summed E-state index contributed by atoms with van der Waals surface area (Å²) >= 11 is 0. The largest absolute Gasteiger partial charge is 0.481 e. The van der Waals surface area contributed by atoms with Gasteiger partial charge in [-0.2, -0.15) is 5.10 Å². The van der Waals surface area contributed by atoms with Gasteiger partial charge in [-0.05, 0) is 18.9 Å². The maximum absolute atomic E-state index is 12.4. The number of likely N-dealkylation sites (tertiary alicyclic amines) is 1. The number of aromatic amines is 1. The zero-order valence-corrected chi connectivity index (χ0v) is 12.5. The molecule has 0 unspecified atom stereocenters. The van der Waals surface area contributed by atoms with Crippen molar-refractivity contribution >= 4 is 22.6 Å². The van der Waals surface area contributed by atoms with Crippen molar-refractivity contribution in [1.82, 2.24) is 15.1 Å². The summed E-state index contributed by atoms with van der Waals surface area (Å²) in [5.74, 6) is -1.27. The molecule has 0 saturated carbocycles. The van der Waals surface area contributed by atoms with Gasteiger partial charge in [0, 0.05) is 18.5 Å². The highest BCUT2D eigenvalue weighted by molar-refractivity contribution is 5.88. The van der Waals surface area contributed by atoms with E-state index < -0.39 is 5.97 Å². The summed E-state index contributed by atoms with van der Waals surface area (Å²) in [6.45, 7) is 0.883. The first-order valence-electron chi connectivity index (χ1n) is 7.53. The van der Waals surface area contributed by atoms with E-state index in [0.717, 1.165) is 0 Å². The molecule has 2 heterocycles. The summed E-state index contributed by atoms with van der Waals surface area (Å²) in [5, 5.41) is 16.6. The van der Waals surface area contributed by atoms with Crippen molar-refractivity contribution in [3.8, 4) is 0 Å². The molecule has 1 aromatic carbocycles. The lowest BCUT2D eigenvalue weighted by molar-refractivity contribution is -0.145. The third-order valence-corrected chi connectivity index (χ3v) is 4.29. The van der Waals surface area contributed by atoms with E-state index in [1.165, 1.54) is 0 Å². The van der Waals surface area contributed by atoms with Gasteiger partial charge < -0.3 is 10.0 Å². The third kappa shape index (κ3) is 3.08. The number of nitrogens with zero attached hydrogens (tertiary/aromatic N) is 2. The van der Waals surface area contributed by atoms with Crippen molar-refractivity contribution in [2.45, 2.75) is 19.3 Å². The molecule has 0 bridgehead atoms. The Balaban J connectivity index is 1.75. The highest BCUT2D eigenvalue weighted by atomic mass is 16.4. The molecule has 1 aliphatic rings. The average Bonchev–Trinajstić information content (AvgIpc) is 2.57. The number of aliphatic carboxylic acids is 1. The Labute approximate surface area is 131 Å². The highest BCUT2D eigenvalue weighted by Gasteiger charge is 2.27. The molecule has 1 fully saturated rings. The molecule has 1 aromatic heterocycles. The molecule has 0 spiro atoms. The first-order valence-corrected chi connectivity index (χ1v) is 7.53. The number of fused-ring (bicyclic) bond motifs is 1. The van der Waals surface area contributed by atoms with E-state index in [-0.39, 0.29) is 23.8 Å². The molecule has 0 radical (unpaired) electrons. The summed E-state index contributed by atoms with van der Waals surface area (Å²) in [5.41, 5.74) is 0.254. The predicted molar refractivity (Wildman–Crippen MR) is 83.0 cm³/mol. The van der Waals surface area contributed by atoms with Gasteiger partial charge in [-0.3, -0.25) is 14.4 Å². The number of carbonyl (C=O) groups excluding carboxylic acids is 1. The number of rotatable bonds is 3. The number of H-pyrrole nitrogens is 1. The summed E-state index contributed by atoms with van der Waals surface area (Å²) in [6.07, 6.45) is 1.04. The van der Waals surface area contributed by atoms with Gasteiger partial charge >= 0.3 is 5.97 Å². The van der Waals surface area contributed by atoms with Crippen LogP contribution >= 0.6 is 0 Å². The number of piperidine rings is 1. The summed E-state index contributed by atoms with van der Waals surface area (Å²) in [6, 6.07) is 7.04. The number of carboxylic acid groups (broad SMARTS) is 1. The van der Waals surface area contributed by atoms with Gasteiger partial charge in [0.15, 0.2) is 0 Å². The van der Waals surface area contributed by atoms with Gasteiger partial charge in [0.05, 0.1) is 23.4 Å². The van der Waals surface area contributed by atoms with E-state index in [2.05, 4.69) is 10.2 Å². The molecular formula is C16H17N3O4. The fourth-order valence-corrected chi connectivity index (χ4v) is 2.94. The van der Waals surface area contributed by atoms with Gasteiger partial charge in [-0.15, -0.1) is 0 Å². The maximum Gasteiger partial charge on any atom is 0.306 e. The lowest BCUT2D eigenvalue weighted by Gasteiger charge is -2.30. The molecule has 1 amide bonds. The number of carbonyl (C=O) groups is 2. The summed E-state index contributed by atoms with van der Waals surface area (Å²) < 4.78 is 0. The van der Waals surface area contributed by atoms with Crippen LogP contribution in [-0.2, 0) is 16.0 Å². The smallest absolute Gasteiger partial charge is 0.306 e. The molecule has 0 aliphatic carbocycles. The Kier molecular flexibility index (Phi) is 4.10. The van der Waals surface area contributed by atoms with Crippen LogP contribution in [0.2, 0.25) is 0 Å². The van der Waals surface area contributed by atoms with Crippen LogP contribution < -0.4 is 5.56 Å². The van der Waals surface area contributed by atoms with Crippen LogP contribution in [0.1, 0.15) is 18.5 Å². The molecular weight excluding hydrogens is 298 g/mol. The number of carboxylic acids is 1. The number of aromatic nitrogens is 2. The van der Waals surface area contributed by atoms with Crippen molar-refractivity contribution in [3.05, 3.63) is 40.3 Å². The number of amides is 1. The fourth-order valence-electron chi connectivity index (χ4n) is 2.94. The van der Waals surface area contributed by atoms with Crippen LogP contribution in [0.5, 0.6) is 0 Å². The predicted octanol–water partition coefficient (Wildman–Crippen LogP) is 0.789. The lowest BCUT2D eigenvalue weighted by Crippen LogP contribution is -2.41. The Morgan fingerprint density at radius 2 is 1.87 bits per heavy atom. The van der Waals surface area contributed by atoms with Crippen LogP contribution in [-0.4, -0.2) is 45.2 Å². The topological polar surface area (TPSA) is 103 Å². The van der Waals surface area contributed by atoms with E-state index in [4.69, 9.17) is 5.11 Å². The Hall–Kier alpha value is -2.70. The van der Waals surface area contributed by atoms with Crippen LogP contribution in [0, 0.1) is 5.92 Å². The monoisotopic (exact) mass is 315 g/mol. The fraction of sp³-hybridized carbons (Fsp3) is 0.375. The third-order valence-electron chi connectivity index (χ3n) is 4.29. The molecule has 2 aromatic rings. The Morgan fingerprint density at radius 1 is 1.22 bits per heavy atom. The van der Waals surface area contributed by atoms with Crippen LogP contribution in [0.25, 0.3) is 10.8 Å². The quantitative estimate of drug-likeness (QED) is 0.871. The zero-order chi connectivity index (χ0) is 16.4. The van der Waals surface area contributed by atoms with E-state index in [1.54, 1.807) is 29.2 Å². The molecule has 1 aliphatic heterocycles. The number of nitrogens with one attached hydrogen (secondary N) is 1. The second-order valence-corrected chi connectivity index (χ2v) is 5.72. The molecule has 23 heavy (non-hydrogen) atoms. The van der Waals surface area contributed by atoms with Gasteiger partial charge in [0.1, 0.15) is 0 Å². The molecule has 7 heteroatoms. The van der Waals surface area contributed by atoms with Gasteiger partial charge in [0.25, 0.3) is 5.56 Å². The van der Waals surface area contributed by atoms with Crippen molar-refractivity contribution in [1.29, 1.82) is 0 Å². The Bertz CT molecular complexity index is 806. The molecule has 0 atom stereocenters. The molecule has 3 rings (SSSR count). The minimum atomic E-state index is -0.801. The normalized spacial score (nSPS) is 15.7. The standard InChI is InChI=1S/C16H17N3O4/c20-14(19-7-5-10(6-8-19)16(22)23)9-13-11-3-1-2-4-12(11)15(21)18-17-13/h1-4,10H,5-9H2,(H,18,21)(H,22,23). The van der Waals surface area contributed by atoms with Crippen molar-refractivity contribution in [3.63, 3.8) is 0 Å². The van der Waals surface area contributed by atoms with Gasteiger partial charge in [-0.1, -0.05) is 18.2 Å². The summed E-state index contributed by atoms with van der Waals surface area (Å²) in [7, 11) is 0. The average molecular weight is 315 g/mol. The first-order chi connectivity index (χ1) is 11.1. The Morgan fingerprint density at radius 3 is 2.52 bits per heavy atom. The first kappa shape index (κ1) is 15.2. The SMILES string of the molecule is O=C(O)C1CCN(C(=O)Cc2n[nH]c(=O)c3ccccc23)CC1. The zero-order valence-electron chi connectivity index (χ0n) is 12.5. The van der Waals surface area contributed by atoms with Crippen molar-refractivity contribution in [2.24, 2.45) is 5.92 Å². The minimum Gasteiger partial charge on any atom is -0.481 e. The lowest BCUT2D eigenvalue weighted by atomic mass is 9.97. The maximum atomic E-state index is 12.4. The van der Waals surface area contributed by atoms with Crippen LogP contribution in [0.15, 0.2) is 29.1 Å². The van der Waals surface area contributed by atoms with E-state index in [9.17, 15) is 14.4 Å². The van der Waals surface area contributed by atoms with Crippen LogP contribution in [0.4, 0.5) is 0 Å².